The highest BCUT2D eigenvalue weighted by molar-refractivity contribution is 7.10. The Labute approximate surface area is 168 Å². The fourth-order valence-electron chi connectivity index (χ4n) is 3.51. The first-order valence-electron chi connectivity index (χ1n) is 9.25. The predicted molar refractivity (Wildman–Crippen MR) is 108 cm³/mol. The number of rotatable bonds is 6. The smallest absolute Gasteiger partial charge is 0.325 e. The van der Waals surface area contributed by atoms with Gasteiger partial charge in [-0.2, -0.15) is 0 Å². The van der Waals surface area contributed by atoms with Crippen LogP contribution in [-0.2, 0) is 19.1 Å². The molecule has 7 heteroatoms. The van der Waals surface area contributed by atoms with Crippen molar-refractivity contribution >= 4 is 34.8 Å². The van der Waals surface area contributed by atoms with Crippen molar-refractivity contribution in [3.05, 3.63) is 52.2 Å². The molecule has 1 aromatic heterocycles. The van der Waals surface area contributed by atoms with E-state index in [9.17, 15) is 14.4 Å². The van der Waals surface area contributed by atoms with E-state index in [0.29, 0.717) is 0 Å². The number of amides is 2. The summed E-state index contributed by atoms with van der Waals surface area (Å²) in [6.45, 7) is 3.85. The molecule has 0 saturated carbocycles. The van der Waals surface area contributed by atoms with Crippen molar-refractivity contribution < 1.29 is 19.1 Å². The van der Waals surface area contributed by atoms with Gasteiger partial charge in [0.2, 0.25) is 11.8 Å². The van der Waals surface area contributed by atoms with Crippen LogP contribution in [0.25, 0.3) is 0 Å². The van der Waals surface area contributed by atoms with Gasteiger partial charge in [0.05, 0.1) is 18.6 Å². The van der Waals surface area contributed by atoms with Gasteiger partial charge < -0.3 is 14.5 Å². The van der Waals surface area contributed by atoms with E-state index >= 15 is 0 Å². The minimum Gasteiger partial charge on any atom is -0.465 e. The molecule has 1 aromatic carbocycles. The quantitative estimate of drug-likeness (QED) is 0.699. The monoisotopic (exact) mass is 400 g/mol. The Kier molecular flexibility index (Phi) is 6.14. The largest absolute Gasteiger partial charge is 0.465 e. The summed E-state index contributed by atoms with van der Waals surface area (Å²) in [5.41, 5.74) is 1.88. The van der Waals surface area contributed by atoms with E-state index in [2.05, 4.69) is 0 Å². The van der Waals surface area contributed by atoms with Crippen LogP contribution < -0.4 is 4.90 Å². The molecule has 1 aliphatic rings. The van der Waals surface area contributed by atoms with E-state index in [0.717, 1.165) is 16.1 Å². The lowest BCUT2D eigenvalue weighted by molar-refractivity contribution is -0.149. The lowest BCUT2D eigenvalue weighted by Crippen LogP contribution is -2.39. The van der Waals surface area contributed by atoms with Crippen LogP contribution in [0.5, 0.6) is 0 Å². The molecule has 0 bridgehead atoms. The molecule has 1 fully saturated rings. The highest BCUT2D eigenvalue weighted by Crippen LogP contribution is 2.43. The molecule has 2 aromatic rings. The lowest BCUT2D eigenvalue weighted by Gasteiger charge is -2.29. The second-order valence-corrected chi connectivity index (χ2v) is 7.85. The Morgan fingerprint density at radius 2 is 1.96 bits per heavy atom. The van der Waals surface area contributed by atoms with Crippen molar-refractivity contribution in [3.8, 4) is 0 Å². The molecule has 2 atom stereocenters. The Hall–Kier alpha value is -2.67. The molecule has 0 spiro atoms. The maximum absolute atomic E-state index is 13.1. The second kappa shape index (κ2) is 8.56. The van der Waals surface area contributed by atoms with Crippen molar-refractivity contribution in [3.63, 3.8) is 0 Å². The average molecular weight is 401 g/mol. The van der Waals surface area contributed by atoms with Gasteiger partial charge in [0.1, 0.15) is 6.54 Å². The van der Waals surface area contributed by atoms with Gasteiger partial charge in [0.25, 0.3) is 0 Å². The number of hydrogen-bond acceptors (Lipinski definition) is 5. The number of hydrogen-bond donors (Lipinski definition) is 0. The van der Waals surface area contributed by atoms with Crippen LogP contribution in [0.4, 0.5) is 5.69 Å². The summed E-state index contributed by atoms with van der Waals surface area (Å²) in [7, 11) is 1.57. The number of aryl methyl sites for hydroxylation is 1. The predicted octanol–water partition coefficient (Wildman–Crippen LogP) is 3.17. The van der Waals surface area contributed by atoms with Crippen LogP contribution in [0, 0.1) is 12.8 Å². The highest BCUT2D eigenvalue weighted by Gasteiger charge is 2.46. The van der Waals surface area contributed by atoms with Crippen molar-refractivity contribution in [2.75, 3.05) is 25.1 Å². The summed E-state index contributed by atoms with van der Waals surface area (Å²) in [5.74, 6) is -1.32. The minimum atomic E-state index is -0.549. The summed E-state index contributed by atoms with van der Waals surface area (Å²) in [4.78, 5) is 41.8. The van der Waals surface area contributed by atoms with E-state index in [4.69, 9.17) is 4.74 Å². The van der Waals surface area contributed by atoms with Crippen LogP contribution in [0.3, 0.4) is 0 Å². The van der Waals surface area contributed by atoms with Crippen LogP contribution in [0.15, 0.2) is 41.8 Å². The van der Waals surface area contributed by atoms with Gasteiger partial charge in [-0.1, -0.05) is 23.8 Å². The van der Waals surface area contributed by atoms with Gasteiger partial charge >= 0.3 is 5.97 Å². The summed E-state index contributed by atoms with van der Waals surface area (Å²) >= 11 is 1.52. The number of carbonyl (C=O) groups excluding carboxylic acids is 3. The zero-order chi connectivity index (χ0) is 20.3. The number of anilines is 1. The first-order valence-corrected chi connectivity index (χ1v) is 10.1. The maximum Gasteiger partial charge on any atom is 0.325 e. The van der Waals surface area contributed by atoms with Crippen molar-refractivity contribution in [1.29, 1.82) is 0 Å². The zero-order valence-corrected chi connectivity index (χ0v) is 17.1. The zero-order valence-electron chi connectivity index (χ0n) is 16.3. The molecule has 2 amide bonds. The first kappa shape index (κ1) is 20.1. The van der Waals surface area contributed by atoms with Crippen LogP contribution in [-0.4, -0.2) is 42.9 Å². The molecule has 2 unspecified atom stereocenters. The topological polar surface area (TPSA) is 66.9 Å². The molecule has 1 saturated heterocycles. The van der Waals surface area contributed by atoms with E-state index in [1.807, 2.05) is 48.7 Å². The van der Waals surface area contributed by atoms with E-state index in [-0.39, 0.29) is 37.4 Å². The van der Waals surface area contributed by atoms with Crippen molar-refractivity contribution in [2.45, 2.75) is 26.3 Å². The summed E-state index contributed by atoms with van der Waals surface area (Å²) in [6, 6.07) is 11.2. The van der Waals surface area contributed by atoms with E-state index < -0.39 is 11.9 Å². The first-order chi connectivity index (χ1) is 13.4. The van der Waals surface area contributed by atoms with Crippen molar-refractivity contribution in [2.24, 2.45) is 5.92 Å². The molecule has 148 valence electrons. The fraction of sp³-hybridized carbons (Fsp3) is 0.381. The molecule has 1 aliphatic heterocycles. The van der Waals surface area contributed by atoms with Crippen LogP contribution >= 0.6 is 11.3 Å². The molecule has 0 radical (unpaired) electrons. The SMILES string of the molecule is CCOC(=O)CN(C)C(=O)C1CC(=O)N(c2ccc(C)cc2)C1c1cccs1. The second-order valence-electron chi connectivity index (χ2n) is 6.87. The molecule has 28 heavy (non-hydrogen) atoms. The standard InChI is InChI=1S/C21H24N2O4S/c1-4-27-19(25)13-22(3)21(26)16-12-18(24)23(15-9-7-14(2)8-10-15)20(16)17-6-5-11-28-17/h5-11,16,20H,4,12-13H2,1-3H3. The summed E-state index contributed by atoms with van der Waals surface area (Å²) in [6.07, 6.45) is 0.114. The summed E-state index contributed by atoms with van der Waals surface area (Å²) < 4.78 is 4.94. The number of nitrogens with zero attached hydrogens (tertiary/aromatic N) is 2. The molecule has 0 N–H and O–H groups in total. The molecular formula is C21H24N2O4S. The third-order valence-corrected chi connectivity index (χ3v) is 5.78. The van der Waals surface area contributed by atoms with Gasteiger partial charge in [0, 0.05) is 24.0 Å². The Morgan fingerprint density at radius 3 is 2.57 bits per heavy atom. The number of benzene rings is 1. The Balaban J connectivity index is 1.90. The summed E-state index contributed by atoms with van der Waals surface area (Å²) in [5, 5.41) is 1.94. The number of thiophene rings is 1. The number of esters is 1. The third kappa shape index (κ3) is 4.09. The number of ether oxygens (including phenoxy) is 1. The van der Waals surface area contributed by atoms with Crippen LogP contribution in [0.2, 0.25) is 0 Å². The molecule has 2 heterocycles. The van der Waals surface area contributed by atoms with E-state index in [1.54, 1.807) is 18.9 Å². The minimum absolute atomic E-state index is 0.0925. The van der Waals surface area contributed by atoms with Crippen molar-refractivity contribution in [1.82, 2.24) is 4.90 Å². The third-order valence-electron chi connectivity index (χ3n) is 4.83. The molecule has 0 aliphatic carbocycles. The van der Waals surface area contributed by atoms with Gasteiger partial charge in [-0.15, -0.1) is 11.3 Å². The average Bonchev–Trinajstić information content (AvgIpc) is 3.29. The molecule has 6 nitrogen and oxygen atoms in total. The van der Waals surface area contributed by atoms with Gasteiger partial charge in [-0.05, 0) is 37.4 Å². The number of likely N-dealkylation sites (N-methyl/N-ethyl adjacent to an activating group) is 1. The normalized spacial score (nSPS) is 19.0. The van der Waals surface area contributed by atoms with Gasteiger partial charge in [-0.25, -0.2) is 0 Å². The van der Waals surface area contributed by atoms with Gasteiger partial charge in [-0.3, -0.25) is 14.4 Å². The lowest BCUT2D eigenvalue weighted by atomic mass is 9.97. The number of carbonyl (C=O) groups is 3. The Morgan fingerprint density at radius 1 is 1.25 bits per heavy atom. The molecular weight excluding hydrogens is 376 g/mol. The maximum atomic E-state index is 13.1. The Bertz CT molecular complexity index is 848. The van der Waals surface area contributed by atoms with E-state index in [1.165, 1.54) is 16.2 Å². The fourth-order valence-corrected chi connectivity index (χ4v) is 4.39. The highest BCUT2D eigenvalue weighted by atomic mass is 32.1. The van der Waals surface area contributed by atoms with Crippen LogP contribution in [0.1, 0.15) is 29.8 Å². The molecule has 3 rings (SSSR count). The van der Waals surface area contributed by atoms with Gasteiger partial charge in [0.15, 0.2) is 0 Å².